The number of amides is 2. The number of anilines is 1. The summed E-state index contributed by atoms with van der Waals surface area (Å²) in [6.45, 7) is 8.44. The van der Waals surface area contributed by atoms with Crippen molar-refractivity contribution in [1.29, 1.82) is 0 Å². The van der Waals surface area contributed by atoms with Gasteiger partial charge in [-0.1, -0.05) is 12.1 Å². The molecule has 0 saturated carbocycles. The van der Waals surface area contributed by atoms with Gasteiger partial charge in [-0.15, -0.1) is 0 Å². The summed E-state index contributed by atoms with van der Waals surface area (Å²) in [5, 5.41) is 0. The molecule has 0 aliphatic carbocycles. The summed E-state index contributed by atoms with van der Waals surface area (Å²) in [7, 11) is 0. The normalized spacial score (nSPS) is 21.5. The van der Waals surface area contributed by atoms with Crippen LogP contribution in [0.4, 0.5) is 5.69 Å². The molecular formula is C18H26N2O2. The largest absolute Gasteiger partial charge is 0.329 e. The van der Waals surface area contributed by atoms with Crippen LogP contribution in [0.3, 0.4) is 0 Å². The summed E-state index contributed by atoms with van der Waals surface area (Å²) in [6.07, 6.45) is 3.07. The molecule has 1 aromatic carbocycles. The molecule has 0 bridgehead atoms. The number of hydrogen-bond donors (Lipinski definition) is 0. The molecule has 1 saturated heterocycles. The molecule has 22 heavy (non-hydrogen) atoms. The molecule has 4 nitrogen and oxygen atoms in total. The topological polar surface area (TPSA) is 40.6 Å². The summed E-state index contributed by atoms with van der Waals surface area (Å²) in [5.41, 5.74) is 1.87. The maximum absolute atomic E-state index is 12.7. The zero-order chi connectivity index (χ0) is 16.3. The van der Waals surface area contributed by atoms with Gasteiger partial charge >= 0.3 is 11.8 Å². The van der Waals surface area contributed by atoms with Crippen molar-refractivity contribution in [2.45, 2.75) is 59.0 Å². The molecule has 2 amide bonds. The van der Waals surface area contributed by atoms with Gasteiger partial charge < -0.3 is 9.80 Å². The van der Waals surface area contributed by atoms with Gasteiger partial charge in [0.15, 0.2) is 0 Å². The molecule has 2 rings (SSSR count). The van der Waals surface area contributed by atoms with Crippen LogP contribution in [-0.2, 0) is 9.59 Å². The lowest BCUT2D eigenvalue weighted by molar-refractivity contribution is -0.148. The Hall–Kier alpha value is -1.84. The van der Waals surface area contributed by atoms with Crippen LogP contribution >= 0.6 is 0 Å². The Balaban J connectivity index is 2.22. The highest BCUT2D eigenvalue weighted by atomic mass is 16.2. The minimum Gasteiger partial charge on any atom is -0.329 e. The van der Waals surface area contributed by atoms with E-state index in [1.54, 1.807) is 9.80 Å². The smallest absolute Gasteiger partial charge is 0.316 e. The summed E-state index contributed by atoms with van der Waals surface area (Å²) in [6, 6.07) is 7.99. The highest BCUT2D eigenvalue weighted by Crippen LogP contribution is 2.24. The number of likely N-dealkylation sites (N-methyl/N-ethyl adjacent to an activating group) is 1. The standard InChI is InChI=1S/C18H26N2O2/c1-5-19(16-11-6-8-13(2)12-16)17(21)18(22)20-14(3)9-7-10-15(20)4/h6,8,11-12,14-15H,5,7,9-10H2,1-4H3. The average molecular weight is 302 g/mol. The molecule has 2 unspecified atom stereocenters. The van der Waals surface area contributed by atoms with Crippen molar-refractivity contribution in [2.75, 3.05) is 11.4 Å². The van der Waals surface area contributed by atoms with E-state index in [4.69, 9.17) is 0 Å². The van der Waals surface area contributed by atoms with Crippen molar-refractivity contribution in [3.8, 4) is 0 Å². The van der Waals surface area contributed by atoms with Crippen LogP contribution in [0.5, 0.6) is 0 Å². The maximum Gasteiger partial charge on any atom is 0.316 e. The molecule has 1 aliphatic heterocycles. The second kappa shape index (κ2) is 6.95. The number of benzene rings is 1. The van der Waals surface area contributed by atoms with Crippen LogP contribution in [0.2, 0.25) is 0 Å². The molecular weight excluding hydrogens is 276 g/mol. The Morgan fingerprint density at radius 1 is 1.23 bits per heavy atom. The van der Waals surface area contributed by atoms with Crippen molar-refractivity contribution in [1.82, 2.24) is 4.90 Å². The number of likely N-dealkylation sites (tertiary alicyclic amines) is 1. The Kier molecular flexibility index (Phi) is 5.22. The molecule has 0 aromatic heterocycles. The van der Waals surface area contributed by atoms with Gasteiger partial charge in [-0.05, 0) is 64.7 Å². The fourth-order valence-corrected chi connectivity index (χ4v) is 3.29. The van der Waals surface area contributed by atoms with Gasteiger partial charge in [-0.3, -0.25) is 9.59 Å². The summed E-state index contributed by atoms with van der Waals surface area (Å²) >= 11 is 0. The third kappa shape index (κ3) is 3.32. The summed E-state index contributed by atoms with van der Waals surface area (Å²) in [5.74, 6) is -0.795. The van der Waals surface area contributed by atoms with Crippen LogP contribution in [0.1, 0.15) is 45.6 Å². The first-order valence-electron chi connectivity index (χ1n) is 8.16. The van der Waals surface area contributed by atoms with Gasteiger partial charge in [0.05, 0.1) is 0 Å². The van der Waals surface area contributed by atoms with Gasteiger partial charge in [0.2, 0.25) is 0 Å². The molecule has 0 spiro atoms. The number of carbonyl (C=O) groups is 2. The Bertz CT molecular complexity index is 546. The molecule has 1 fully saturated rings. The van der Waals surface area contributed by atoms with Crippen molar-refractivity contribution < 1.29 is 9.59 Å². The minimum absolute atomic E-state index is 0.136. The fraction of sp³-hybridized carbons (Fsp3) is 0.556. The fourth-order valence-electron chi connectivity index (χ4n) is 3.29. The molecule has 0 radical (unpaired) electrons. The molecule has 4 heteroatoms. The quantitative estimate of drug-likeness (QED) is 0.788. The Morgan fingerprint density at radius 2 is 1.86 bits per heavy atom. The van der Waals surface area contributed by atoms with Crippen LogP contribution in [0, 0.1) is 6.92 Å². The molecule has 2 atom stereocenters. The van der Waals surface area contributed by atoms with Crippen molar-refractivity contribution in [2.24, 2.45) is 0 Å². The maximum atomic E-state index is 12.7. The zero-order valence-electron chi connectivity index (χ0n) is 14.0. The van der Waals surface area contributed by atoms with Crippen molar-refractivity contribution >= 4 is 17.5 Å². The van der Waals surface area contributed by atoms with E-state index < -0.39 is 5.91 Å². The number of hydrogen-bond acceptors (Lipinski definition) is 2. The highest BCUT2D eigenvalue weighted by Gasteiger charge is 2.35. The van der Waals surface area contributed by atoms with E-state index in [-0.39, 0.29) is 18.0 Å². The Labute approximate surface area is 133 Å². The van der Waals surface area contributed by atoms with E-state index in [1.165, 1.54) is 0 Å². The molecule has 120 valence electrons. The van der Waals surface area contributed by atoms with E-state index >= 15 is 0 Å². The first-order chi connectivity index (χ1) is 10.5. The van der Waals surface area contributed by atoms with Gasteiger partial charge in [0.25, 0.3) is 0 Å². The van der Waals surface area contributed by atoms with E-state index in [1.807, 2.05) is 52.0 Å². The van der Waals surface area contributed by atoms with Crippen LogP contribution in [0.25, 0.3) is 0 Å². The number of piperidine rings is 1. The minimum atomic E-state index is -0.422. The highest BCUT2D eigenvalue weighted by molar-refractivity contribution is 6.40. The van der Waals surface area contributed by atoms with Gasteiger partial charge in [-0.2, -0.15) is 0 Å². The first-order valence-corrected chi connectivity index (χ1v) is 8.16. The first kappa shape index (κ1) is 16.5. The number of aryl methyl sites for hydroxylation is 1. The number of rotatable bonds is 2. The third-order valence-electron chi connectivity index (χ3n) is 4.49. The van der Waals surface area contributed by atoms with Crippen LogP contribution in [0.15, 0.2) is 24.3 Å². The predicted octanol–water partition coefficient (Wildman–Crippen LogP) is 3.14. The van der Waals surface area contributed by atoms with Crippen LogP contribution < -0.4 is 4.90 Å². The second-order valence-corrected chi connectivity index (χ2v) is 6.23. The van der Waals surface area contributed by atoms with Gasteiger partial charge in [-0.25, -0.2) is 0 Å². The lowest BCUT2D eigenvalue weighted by Crippen LogP contribution is -2.53. The molecule has 1 aliphatic rings. The second-order valence-electron chi connectivity index (χ2n) is 6.23. The molecule has 0 N–H and O–H groups in total. The summed E-state index contributed by atoms with van der Waals surface area (Å²) in [4.78, 5) is 28.8. The lowest BCUT2D eigenvalue weighted by Gasteiger charge is -2.39. The van der Waals surface area contributed by atoms with E-state index in [2.05, 4.69) is 0 Å². The van der Waals surface area contributed by atoms with Crippen molar-refractivity contribution in [3.63, 3.8) is 0 Å². The molecule has 1 heterocycles. The van der Waals surface area contributed by atoms with E-state index in [9.17, 15) is 9.59 Å². The molecule has 1 aromatic rings. The van der Waals surface area contributed by atoms with Gasteiger partial charge in [0, 0.05) is 24.3 Å². The van der Waals surface area contributed by atoms with Crippen molar-refractivity contribution in [3.05, 3.63) is 29.8 Å². The van der Waals surface area contributed by atoms with E-state index in [0.717, 1.165) is 30.5 Å². The predicted molar refractivity (Wildman–Crippen MR) is 88.8 cm³/mol. The Morgan fingerprint density at radius 3 is 2.41 bits per heavy atom. The number of nitrogens with zero attached hydrogens (tertiary/aromatic N) is 2. The van der Waals surface area contributed by atoms with Crippen LogP contribution in [-0.4, -0.2) is 35.3 Å². The lowest BCUT2D eigenvalue weighted by atomic mass is 9.97. The summed E-state index contributed by atoms with van der Waals surface area (Å²) < 4.78 is 0. The number of carbonyl (C=O) groups excluding carboxylic acids is 2. The third-order valence-corrected chi connectivity index (χ3v) is 4.49. The SMILES string of the molecule is CCN(C(=O)C(=O)N1C(C)CCCC1C)c1cccc(C)c1. The monoisotopic (exact) mass is 302 g/mol. The van der Waals surface area contributed by atoms with E-state index in [0.29, 0.717) is 6.54 Å². The zero-order valence-corrected chi connectivity index (χ0v) is 14.0. The van der Waals surface area contributed by atoms with Gasteiger partial charge in [0.1, 0.15) is 0 Å². The average Bonchev–Trinajstić information content (AvgIpc) is 2.47.